The summed E-state index contributed by atoms with van der Waals surface area (Å²) in [5.41, 5.74) is 12.2. The average molecular weight is 1070 g/mol. The summed E-state index contributed by atoms with van der Waals surface area (Å²) in [5, 5.41) is 2.21. The lowest BCUT2D eigenvalue weighted by Gasteiger charge is -2.25. The van der Waals surface area contributed by atoms with E-state index in [2.05, 4.69) is 206 Å². The highest BCUT2D eigenvalue weighted by Crippen LogP contribution is 2.47. The molecule has 0 fully saturated rings. The van der Waals surface area contributed by atoms with Gasteiger partial charge in [0, 0.05) is 43.9 Å². The van der Waals surface area contributed by atoms with Crippen molar-refractivity contribution < 1.29 is 0 Å². The van der Waals surface area contributed by atoms with Crippen LogP contribution in [0.3, 0.4) is 0 Å². The Morgan fingerprint density at radius 2 is 0.605 bits per heavy atom. The number of para-hydroxylation sites is 4. The van der Waals surface area contributed by atoms with Gasteiger partial charge in [-0.15, -0.1) is 22.7 Å². The molecule has 10 rings (SSSR count). The summed E-state index contributed by atoms with van der Waals surface area (Å²) in [7, 11) is 0. The van der Waals surface area contributed by atoms with Crippen molar-refractivity contribution in [2.24, 2.45) is 0 Å². The average Bonchev–Trinajstić information content (AvgIpc) is 4.33. The highest BCUT2D eigenvalue weighted by Gasteiger charge is 2.23. The van der Waals surface area contributed by atoms with E-state index in [4.69, 9.17) is 9.97 Å². The number of anilines is 6. The third kappa shape index (κ3) is 13.5. The van der Waals surface area contributed by atoms with E-state index in [9.17, 15) is 0 Å². The molecule has 0 N–H and O–H groups in total. The SMILES string of the molecule is CCCCCCCCCCc1cc(-c2ccc(N(c3ccccc3)c3ccccc3)cc2)sc1-c1nc2sc(-c3sc(-c4ccc(N(c5ccccc5)c5ccccc5)cc4)cc3CCCCCCCCCC)nc2s1. The number of thiophene rings is 2. The van der Waals surface area contributed by atoms with Crippen LogP contribution in [0.25, 0.3) is 50.3 Å². The Labute approximate surface area is 468 Å². The largest absolute Gasteiger partial charge is 0.311 e. The van der Waals surface area contributed by atoms with Crippen molar-refractivity contribution in [3.8, 4) is 40.7 Å². The Kier molecular flexibility index (Phi) is 19.1. The van der Waals surface area contributed by atoms with Gasteiger partial charge in [0.25, 0.3) is 0 Å². The first kappa shape index (κ1) is 53.2. The lowest BCUT2D eigenvalue weighted by atomic mass is 10.0. The van der Waals surface area contributed by atoms with E-state index >= 15 is 0 Å². The maximum absolute atomic E-state index is 5.45. The molecule has 0 bridgehead atoms. The van der Waals surface area contributed by atoms with Gasteiger partial charge < -0.3 is 9.80 Å². The first-order valence-corrected chi connectivity index (χ1v) is 31.4. The standard InChI is InChI=1S/C68H72N4S4/c1-3-5-7-9-11-13-15-21-31-53-49-61(51-41-45-59(46-42-51)71(55-33-23-17-24-34-55)56-35-25-18-26-36-56)73-63(53)65-69-67-68(75-65)70-66(76-67)64-54(32-22-16-14-12-10-8-6-4-2)50-62(74-64)52-43-47-60(48-44-52)72(57-37-27-19-28-38-57)58-39-29-20-30-40-58/h17-20,23-30,33-50H,3-16,21-22,31-32H2,1-2H3. The smallest absolute Gasteiger partial charge is 0.155 e. The predicted octanol–water partition coefficient (Wildman–Crippen LogP) is 22.8. The molecule has 4 heterocycles. The maximum Gasteiger partial charge on any atom is 0.155 e. The van der Waals surface area contributed by atoms with Gasteiger partial charge in [-0.3, -0.25) is 0 Å². The minimum absolute atomic E-state index is 1.05. The number of benzene rings is 6. The third-order valence-electron chi connectivity index (χ3n) is 14.5. The Balaban J connectivity index is 0.927. The molecule has 0 amide bonds. The minimum Gasteiger partial charge on any atom is -0.311 e. The molecule has 0 radical (unpaired) electrons. The molecule has 10 aromatic rings. The second-order valence-corrected chi connectivity index (χ2v) is 24.2. The van der Waals surface area contributed by atoms with E-state index in [1.54, 1.807) is 22.7 Å². The third-order valence-corrected chi connectivity index (χ3v) is 19.2. The Morgan fingerprint density at radius 3 is 0.921 bits per heavy atom. The van der Waals surface area contributed by atoms with Crippen LogP contribution < -0.4 is 9.80 Å². The van der Waals surface area contributed by atoms with Crippen LogP contribution in [0.4, 0.5) is 34.1 Å². The van der Waals surface area contributed by atoms with Gasteiger partial charge in [-0.1, -0.05) is 223 Å². The van der Waals surface area contributed by atoms with Crippen LogP contribution in [0.2, 0.25) is 0 Å². The van der Waals surface area contributed by atoms with E-state index < -0.39 is 0 Å². The van der Waals surface area contributed by atoms with Crippen LogP contribution >= 0.6 is 45.3 Å². The number of hydrogen-bond acceptors (Lipinski definition) is 8. The molecule has 0 unspecified atom stereocenters. The van der Waals surface area contributed by atoms with Gasteiger partial charge in [0.15, 0.2) is 9.66 Å². The number of rotatable bonds is 28. The van der Waals surface area contributed by atoms with Gasteiger partial charge in [0.1, 0.15) is 10.0 Å². The highest BCUT2D eigenvalue weighted by atomic mass is 32.1. The van der Waals surface area contributed by atoms with E-state index in [-0.39, 0.29) is 0 Å². The number of hydrogen-bond donors (Lipinski definition) is 0. The second kappa shape index (κ2) is 27.2. The molecule has 76 heavy (non-hydrogen) atoms. The first-order chi connectivity index (χ1) is 37.6. The fourth-order valence-corrected chi connectivity index (χ4v) is 15.1. The molecule has 0 saturated carbocycles. The number of nitrogens with zero attached hydrogens (tertiary/aromatic N) is 4. The molecule has 6 aromatic carbocycles. The fourth-order valence-electron chi connectivity index (χ4n) is 10.4. The van der Waals surface area contributed by atoms with Gasteiger partial charge in [0.2, 0.25) is 0 Å². The van der Waals surface area contributed by atoms with Gasteiger partial charge in [-0.05, 0) is 133 Å². The van der Waals surface area contributed by atoms with E-state index in [1.165, 1.54) is 144 Å². The van der Waals surface area contributed by atoms with Crippen LogP contribution in [-0.2, 0) is 12.8 Å². The van der Waals surface area contributed by atoms with Crippen molar-refractivity contribution in [3.63, 3.8) is 0 Å². The molecule has 0 aliphatic heterocycles. The zero-order valence-electron chi connectivity index (χ0n) is 44.5. The van der Waals surface area contributed by atoms with Crippen LogP contribution in [0, 0.1) is 0 Å². The molecule has 388 valence electrons. The summed E-state index contributed by atoms with van der Waals surface area (Å²) in [4.78, 5) is 22.9. The number of fused-ring (bicyclic) bond motifs is 1. The number of thiazole rings is 2. The van der Waals surface area contributed by atoms with Gasteiger partial charge in [-0.2, -0.15) is 0 Å². The normalized spacial score (nSPS) is 11.4. The lowest BCUT2D eigenvalue weighted by molar-refractivity contribution is 0.576. The topological polar surface area (TPSA) is 32.3 Å². The molecule has 4 aromatic heterocycles. The molecule has 4 nitrogen and oxygen atoms in total. The zero-order chi connectivity index (χ0) is 51.7. The summed E-state index contributed by atoms with van der Waals surface area (Å²) >= 11 is 7.36. The molecular weight excluding hydrogens is 1000 g/mol. The fraction of sp³-hybridized carbons (Fsp3) is 0.294. The molecule has 0 saturated heterocycles. The molecule has 0 atom stereocenters. The summed E-state index contributed by atoms with van der Waals surface area (Å²) in [5.74, 6) is 0. The highest BCUT2D eigenvalue weighted by molar-refractivity contribution is 7.32. The summed E-state index contributed by atoms with van der Waals surface area (Å²) in [6, 6.07) is 65.9. The van der Waals surface area contributed by atoms with Crippen molar-refractivity contribution in [2.45, 2.75) is 129 Å². The van der Waals surface area contributed by atoms with Crippen molar-refractivity contribution in [1.29, 1.82) is 0 Å². The number of unbranched alkanes of at least 4 members (excludes halogenated alkanes) is 14. The predicted molar refractivity (Wildman–Crippen MR) is 335 cm³/mol. The summed E-state index contributed by atoms with van der Waals surface area (Å²) in [6.07, 6.45) is 23.1. The van der Waals surface area contributed by atoms with Crippen molar-refractivity contribution >= 4 is 89.1 Å². The molecule has 0 aliphatic rings. The van der Waals surface area contributed by atoms with Gasteiger partial charge >= 0.3 is 0 Å². The van der Waals surface area contributed by atoms with Crippen molar-refractivity contribution in [3.05, 3.63) is 193 Å². The first-order valence-electron chi connectivity index (χ1n) is 28.2. The molecule has 0 aliphatic carbocycles. The Hall–Kier alpha value is -6.16. The Bertz CT molecular complexity index is 2950. The second-order valence-electron chi connectivity index (χ2n) is 20.1. The Morgan fingerprint density at radius 1 is 0.316 bits per heavy atom. The zero-order valence-corrected chi connectivity index (χ0v) is 47.7. The monoisotopic (exact) mass is 1070 g/mol. The van der Waals surface area contributed by atoms with Crippen LogP contribution in [0.5, 0.6) is 0 Å². The lowest BCUT2D eigenvalue weighted by Crippen LogP contribution is -2.09. The summed E-state index contributed by atoms with van der Waals surface area (Å²) < 4.78 is 0. The van der Waals surface area contributed by atoms with E-state index in [0.717, 1.165) is 66.6 Å². The molecular formula is C68H72N4S4. The van der Waals surface area contributed by atoms with E-state index in [0.29, 0.717) is 0 Å². The van der Waals surface area contributed by atoms with Crippen molar-refractivity contribution in [2.75, 3.05) is 9.80 Å². The van der Waals surface area contributed by atoms with Crippen LogP contribution in [0.15, 0.2) is 182 Å². The summed E-state index contributed by atoms with van der Waals surface area (Å²) in [6.45, 7) is 4.60. The minimum atomic E-state index is 1.05. The molecule has 8 heteroatoms. The van der Waals surface area contributed by atoms with Crippen LogP contribution in [-0.4, -0.2) is 9.97 Å². The van der Waals surface area contributed by atoms with Crippen molar-refractivity contribution in [1.82, 2.24) is 9.97 Å². The molecule has 0 spiro atoms. The quantitative estimate of drug-likeness (QED) is 0.0458. The van der Waals surface area contributed by atoms with Gasteiger partial charge in [0.05, 0.1) is 9.75 Å². The van der Waals surface area contributed by atoms with E-state index in [1.807, 2.05) is 22.7 Å². The maximum atomic E-state index is 5.45. The number of aromatic nitrogens is 2. The number of aryl methyl sites for hydroxylation is 2. The van der Waals surface area contributed by atoms with Crippen LogP contribution in [0.1, 0.15) is 128 Å². The van der Waals surface area contributed by atoms with Gasteiger partial charge in [-0.25, -0.2) is 9.97 Å².